The van der Waals surface area contributed by atoms with Crippen molar-refractivity contribution in [3.05, 3.63) is 71.8 Å². The number of carbonyl (C=O) groups is 11. The number of aliphatic carboxylic acids is 1. The smallest absolute Gasteiger partial charge is 0.326 e. The van der Waals surface area contributed by atoms with Crippen molar-refractivity contribution in [3.63, 3.8) is 0 Å². The summed E-state index contributed by atoms with van der Waals surface area (Å²) in [6, 6.07) is 5.07. The summed E-state index contributed by atoms with van der Waals surface area (Å²) in [7, 11) is 0. The van der Waals surface area contributed by atoms with Gasteiger partial charge in [0.25, 0.3) is 0 Å². The van der Waals surface area contributed by atoms with Gasteiger partial charge in [-0.3, -0.25) is 57.9 Å². The van der Waals surface area contributed by atoms with E-state index in [1.54, 1.807) is 60.7 Å². The van der Waals surface area contributed by atoms with E-state index in [0.29, 0.717) is 75.6 Å². The van der Waals surface area contributed by atoms with Gasteiger partial charge in [-0.1, -0.05) is 67.1 Å². The van der Waals surface area contributed by atoms with E-state index in [9.17, 15) is 63.0 Å². The number of nitrogens with zero attached hydrogens (tertiary/aromatic N) is 5. The number of hydrogen-bond donors (Lipinski definition) is 16. The molecule has 3 fully saturated rings. The van der Waals surface area contributed by atoms with E-state index >= 15 is 0 Å². The minimum absolute atomic E-state index is 0.0249. The number of guanidine groups is 2. The fraction of sp³-hybridized carbons (Fsp3) is 0.597. The number of aliphatic hydroxyl groups excluding tert-OH is 1. The molecule has 5 rings (SSSR count). The number of unbranched alkanes of at least 4 members (excludes halogenated alkanes) is 2. The lowest BCUT2D eigenvalue weighted by Gasteiger charge is -2.33. The van der Waals surface area contributed by atoms with Gasteiger partial charge in [-0.05, 0) is 121 Å². The molecule has 32 heteroatoms. The highest BCUT2D eigenvalue weighted by molar-refractivity contribution is 5.99. The largest absolute Gasteiger partial charge is 0.480 e. The highest BCUT2D eigenvalue weighted by Crippen LogP contribution is 2.27. The van der Waals surface area contributed by atoms with Gasteiger partial charge in [0.05, 0.1) is 19.2 Å². The minimum Gasteiger partial charge on any atom is -0.480 e. The first-order valence-electron chi connectivity index (χ1n) is 32.3. The molecule has 3 aliphatic heterocycles. The molecule has 2 aromatic carbocycles. The van der Waals surface area contributed by atoms with Crippen molar-refractivity contribution >= 4 is 77.0 Å². The highest BCUT2D eigenvalue weighted by atomic mass is 16.4. The Morgan fingerprint density at radius 3 is 1.46 bits per heavy atom. The quantitative estimate of drug-likeness (QED) is 0.0170. The van der Waals surface area contributed by atoms with Crippen LogP contribution in [0.25, 0.3) is 0 Å². The molecule has 0 bridgehead atoms. The highest BCUT2D eigenvalue weighted by Gasteiger charge is 2.45. The number of benzene rings is 2. The van der Waals surface area contributed by atoms with E-state index < -0.39 is 139 Å². The first kappa shape index (κ1) is 75.7. The Hall–Kier alpha value is -9.01. The summed E-state index contributed by atoms with van der Waals surface area (Å²) in [5.74, 6) is -8.77. The van der Waals surface area contributed by atoms with Crippen molar-refractivity contribution in [2.75, 3.05) is 59.0 Å². The first-order valence-corrected chi connectivity index (χ1v) is 32.3. The van der Waals surface area contributed by atoms with Gasteiger partial charge in [-0.2, -0.15) is 0 Å². The van der Waals surface area contributed by atoms with Crippen molar-refractivity contribution < 1.29 is 63.0 Å². The second kappa shape index (κ2) is 39.5. The monoisotopic (exact) mass is 1320 g/mol. The standard InChI is InChI=1S/C62H97N19O13/c63-27-9-7-20-40(65)51(84)74-41(21-8-10-28-64)52(85)75-42(22-11-29-70-61(66)67)57(90)81-33-15-26-49(81)59(92)80-32-13-24-47(80)55(88)72-36-50(83)73-44(34-38-16-3-1-4-17-38)53(86)78-46(37-82)58(91)79-31-14-25-48(79)56(89)77-45(35-39-18-5-2-6-19-39)54(87)76-43(60(93)94)23-12-30-71-62(68)69/h1-6,16-19,40-49,82H,7-15,20-37,63-65H2,(H,72,88)(H,73,83)(H,74,84)(H,75,85)(H,76,87)(H,77,89)(H,78,86)(H,93,94)(H4,66,67,70)(H4,68,69,71). The van der Waals surface area contributed by atoms with E-state index in [2.05, 4.69) is 47.2 Å². The maximum atomic E-state index is 14.6. The van der Waals surface area contributed by atoms with Gasteiger partial charge in [0.1, 0.15) is 54.4 Å². The van der Waals surface area contributed by atoms with E-state index in [0.717, 1.165) is 0 Å². The van der Waals surface area contributed by atoms with Gasteiger partial charge in [0.2, 0.25) is 59.1 Å². The van der Waals surface area contributed by atoms with Crippen LogP contribution in [0.5, 0.6) is 0 Å². The van der Waals surface area contributed by atoms with Crippen LogP contribution in [0.2, 0.25) is 0 Å². The molecule has 10 amide bonds. The summed E-state index contributed by atoms with van der Waals surface area (Å²) < 4.78 is 0. The number of carboxylic acids is 1. The summed E-state index contributed by atoms with van der Waals surface area (Å²) in [5, 5.41) is 39.0. The summed E-state index contributed by atoms with van der Waals surface area (Å²) in [5.41, 5.74) is 40.6. The van der Waals surface area contributed by atoms with Crippen LogP contribution in [0.15, 0.2) is 70.6 Å². The van der Waals surface area contributed by atoms with Crippen molar-refractivity contribution in [1.29, 1.82) is 0 Å². The van der Waals surface area contributed by atoms with Crippen LogP contribution in [-0.2, 0) is 65.6 Å². The Balaban J connectivity index is 1.24. The van der Waals surface area contributed by atoms with Crippen LogP contribution in [0.4, 0.5) is 0 Å². The summed E-state index contributed by atoms with van der Waals surface area (Å²) in [6.45, 7) is -0.269. The van der Waals surface area contributed by atoms with Gasteiger partial charge < -0.3 is 102 Å². The number of hydrogen-bond acceptors (Lipinski definition) is 17. The average Bonchev–Trinajstić information content (AvgIpc) is 1.64. The Labute approximate surface area is 546 Å². The Morgan fingerprint density at radius 2 is 0.926 bits per heavy atom. The topological polar surface area (TPSA) is 529 Å². The van der Waals surface area contributed by atoms with Gasteiger partial charge in [0.15, 0.2) is 11.9 Å². The molecule has 0 saturated carbocycles. The van der Waals surface area contributed by atoms with Gasteiger partial charge in [-0.15, -0.1) is 0 Å². The molecule has 0 radical (unpaired) electrons. The zero-order valence-electron chi connectivity index (χ0n) is 53.3. The lowest BCUT2D eigenvalue weighted by Crippen LogP contribution is -2.60. The maximum absolute atomic E-state index is 14.6. The summed E-state index contributed by atoms with van der Waals surface area (Å²) >= 11 is 0. The van der Waals surface area contributed by atoms with E-state index in [-0.39, 0.29) is 109 Å². The average molecular weight is 1320 g/mol. The molecule has 3 saturated heterocycles. The predicted molar refractivity (Wildman–Crippen MR) is 347 cm³/mol. The lowest BCUT2D eigenvalue weighted by molar-refractivity contribution is -0.148. The van der Waals surface area contributed by atoms with E-state index in [1.165, 1.54) is 14.7 Å². The number of rotatable bonds is 39. The molecule has 23 N–H and O–H groups in total. The Kier molecular flexibility index (Phi) is 31.8. The van der Waals surface area contributed by atoms with E-state index in [1.807, 2.05) is 0 Å². The van der Waals surface area contributed by atoms with Gasteiger partial charge in [0, 0.05) is 45.6 Å². The molecule has 2 aromatic rings. The molecule has 0 aromatic heterocycles. The first-order chi connectivity index (χ1) is 45.1. The number of carbonyl (C=O) groups excluding carboxylic acids is 10. The number of carboxylic acid groups (broad SMARTS) is 1. The Bertz CT molecular complexity index is 2920. The number of aliphatic imine (C=N–C) groups is 2. The van der Waals surface area contributed by atoms with Crippen LogP contribution in [0, 0.1) is 0 Å². The second-order valence-electron chi connectivity index (χ2n) is 23.7. The number of aliphatic hydroxyl groups is 1. The normalized spacial score (nSPS) is 18.2. The molecule has 0 aliphatic carbocycles. The van der Waals surface area contributed by atoms with Crippen LogP contribution < -0.4 is 77.4 Å². The molecular weight excluding hydrogens is 1220 g/mol. The van der Waals surface area contributed by atoms with Crippen molar-refractivity contribution in [1.82, 2.24) is 51.9 Å². The molecule has 518 valence electrons. The zero-order chi connectivity index (χ0) is 68.7. The van der Waals surface area contributed by atoms with Crippen LogP contribution >= 0.6 is 0 Å². The number of amides is 10. The number of nitrogens with two attached hydrogens (primary N) is 7. The summed E-state index contributed by atoms with van der Waals surface area (Å²) in [4.78, 5) is 165. The second-order valence-corrected chi connectivity index (χ2v) is 23.7. The molecule has 94 heavy (non-hydrogen) atoms. The van der Waals surface area contributed by atoms with Gasteiger partial charge in [-0.25, -0.2) is 4.79 Å². The van der Waals surface area contributed by atoms with E-state index in [4.69, 9.17) is 40.1 Å². The fourth-order valence-corrected chi connectivity index (χ4v) is 11.6. The van der Waals surface area contributed by atoms with Crippen molar-refractivity contribution in [3.8, 4) is 0 Å². The zero-order valence-corrected chi connectivity index (χ0v) is 53.3. The third-order valence-electron chi connectivity index (χ3n) is 16.6. The molecule has 3 aliphatic rings. The Morgan fingerprint density at radius 1 is 0.489 bits per heavy atom. The predicted octanol–water partition coefficient (Wildman–Crippen LogP) is -4.76. The molecule has 10 unspecified atom stereocenters. The van der Waals surface area contributed by atoms with Crippen LogP contribution in [-0.4, -0.2) is 221 Å². The summed E-state index contributed by atoms with van der Waals surface area (Å²) in [6.07, 6.45) is 4.89. The lowest BCUT2D eigenvalue weighted by atomic mass is 10.0. The molecule has 10 atom stereocenters. The minimum atomic E-state index is -1.63. The number of likely N-dealkylation sites (tertiary alicyclic amines) is 3. The van der Waals surface area contributed by atoms with Crippen LogP contribution in [0.3, 0.4) is 0 Å². The van der Waals surface area contributed by atoms with Crippen molar-refractivity contribution in [2.45, 2.75) is 176 Å². The molecule has 3 heterocycles. The van der Waals surface area contributed by atoms with Crippen LogP contribution in [0.1, 0.15) is 114 Å². The molecular formula is C62H97N19O13. The number of nitrogens with one attached hydrogen (secondary N) is 7. The third-order valence-corrected chi connectivity index (χ3v) is 16.6. The third kappa shape index (κ3) is 24.2. The van der Waals surface area contributed by atoms with Gasteiger partial charge >= 0.3 is 5.97 Å². The fourth-order valence-electron chi connectivity index (χ4n) is 11.6. The SMILES string of the molecule is NCCCCC(N)C(=O)NC(CCCCN)C(=O)NC(CCCN=C(N)N)C(=O)N1CCCC1C(=O)N1CCCC1C(=O)NCC(=O)NC(Cc1ccccc1)C(=O)NC(CO)C(=O)N1CCCC1C(=O)NC(Cc1ccccc1)C(=O)NC(CCCN=C(N)N)C(=O)O. The molecule has 32 nitrogen and oxygen atoms in total. The molecule has 0 spiro atoms. The van der Waals surface area contributed by atoms with Crippen molar-refractivity contribution in [2.24, 2.45) is 50.1 Å². The maximum Gasteiger partial charge on any atom is 0.326 e.